The Morgan fingerprint density at radius 3 is 2.86 bits per heavy atom. The maximum absolute atomic E-state index is 13.0. The molecule has 0 saturated heterocycles. The van der Waals surface area contributed by atoms with Crippen LogP contribution in [0.5, 0.6) is 5.75 Å². The molecular formula is C19H22N6O3. The molecule has 1 aliphatic heterocycles. The van der Waals surface area contributed by atoms with E-state index in [-0.39, 0.29) is 11.9 Å². The van der Waals surface area contributed by atoms with Crippen LogP contribution >= 0.6 is 0 Å². The standard InChI is InChI=1S/C19H22N6O3/c1-13-9-23(11-17-21-22-18(12-27-2)25(13)17)19(26)14-8-20-24(10-14)15-6-4-5-7-16(15)28-3/h4-8,10,13H,9,11-12H2,1-3H3/t13-/m0/s1. The molecule has 0 spiro atoms. The second-order valence-corrected chi connectivity index (χ2v) is 6.72. The first-order valence-electron chi connectivity index (χ1n) is 9.01. The highest BCUT2D eigenvalue weighted by atomic mass is 16.5. The molecule has 0 N–H and O–H groups in total. The van der Waals surface area contributed by atoms with E-state index in [1.807, 2.05) is 35.8 Å². The van der Waals surface area contributed by atoms with Crippen molar-refractivity contribution in [2.45, 2.75) is 26.1 Å². The summed E-state index contributed by atoms with van der Waals surface area (Å²) in [5, 5.41) is 12.8. The van der Waals surface area contributed by atoms with Crippen molar-refractivity contribution in [1.82, 2.24) is 29.4 Å². The molecule has 1 atom stereocenters. The third-order valence-electron chi connectivity index (χ3n) is 4.82. The van der Waals surface area contributed by atoms with Gasteiger partial charge in [0.25, 0.3) is 5.91 Å². The van der Waals surface area contributed by atoms with Crippen LogP contribution in [0.15, 0.2) is 36.7 Å². The van der Waals surface area contributed by atoms with Crippen LogP contribution in [0.2, 0.25) is 0 Å². The largest absolute Gasteiger partial charge is 0.494 e. The molecule has 0 fully saturated rings. The van der Waals surface area contributed by atoms with Crippen molar-refractivity contribution in [3.63, 3.8) is 0 Å². The van der Waals surface area contributed by atoms with Gasteiger partial charge in [0.2, 0.25) is 0 Å². The van der Waals surface area contributed by atoms with Gasteiger partial charge < -0.3 is 18.9 Å². The first-order valence-corrected chi connectivity index (χ1v) is 9.01. The van der Waals surface area contributed by atoms with E-state index in [0.717, 1.165) is 17.3 Å². The molecule has 28 heavy (non-hydrogen) atoms. The van der Waals surface area contributed by atoms with Crippen molar-refractivity contribution in [2.75, 3.05) is 20.8 Å². The van der Waals surface area contributed by atoms with Crippen LogP contribution < -0.4 is 4.74 Å². The smallest absolute Gasteiger partial charge is 0.257 e. The lowest BCUT2D eigenvalue weighted by Crippen LogP contribution is -2.40. The lowest BCUT2D eigenvalue weighted by Gasteiger charge is -2.32. The summed E-state index contributed by atoms with van der Waals surface area (Å²) in [5.74, 6) is 2.14. The van der Waals surface area contributed by atoms with Gasteiger partial charge in [-0.25, -0.2) is 4.68 Å². The number of para-hydroxylation sites is 2. The number of nitrogens with zero attached hydrogens (tertiary/aromatic N) is 6. The van der Waals surface area contributed by atoms with Crippen molar-refractivity contribution in [3.8, 4) is 11.4 Å². The number of benzene rings is 1. The van der Waals surface area contributed by atoms with Crippen LogP contribution in [-0.4, -0.2) is 56.1 Å². The van der Waals surface area contributed by atoms with E-state index in [4.69, 9.17) is 9.47 Å². The second-order valence-electron chi connectivity index (χ2n) is 6.72. The molecular weight excluding hydrogens is 360 g/mol. The zero-order valence-electron chi connectivity index (χ0n) is 16.1. The van der Waals surface area contributed by atoms with Crippen molar-refractivity contribution < 1.29 is 14.3 Å². The van der Waals surface area contributed by atoms with Gasteiger partial charge in [-0.05, 0) is 19.1 Å². The fourth-order valence-corrected chi connectivity index (χ4v) is 3.56. The van der Waals surface area contributed by atoms with Crippen molar-refractivity contribution in [3.05, 3.63) is 53.9 Å². The molecule has 9 nitrogen and oxygen atoms in total. The molecule has 9 heteroatoms. The van der Waals surface area contributed by atoms with Gasteiger partial charge in [-0.15, -0.1) is 10.2 Å². The monoisotopic (exact) mass is 382 g/mol. The summed E-state index contributed by atoms with van der Waals surface area (Å²) in [4.78, 5) is 14.8. The molecule has 1 aromatic carbocycles. The molecule has 0 saturated carbocycles. The number of hydrogen-bond donors (Lipinski definition) is 0. The van der Waals surface area contributed by atoms with Gasteiger partial charge in [-0.3, -0.25) is 4.79 Å². The Morgan fingerprint density at radius 2 is 2.07 bits per heavy atom. The number of carbonyl (C=O) groups excluding carboxylic acids is 1. The number of methoxy groups -OCH3 is 2. The summed E-state index contributed by atoms with van der Waals surface area (Å²) < 4.78 is 14.3. The minimum absolute atomic E-state index is 0.0668. The van der Waals surface area contributed by atoms with Crippen molar-refractivity contribution >= 4 is 5.91 Å². The summed E-state index contributed by atoms with van der Waals surface area (Å²) in [7, 11) is 3.24. The van der Waals surface area contributed by atoms with E-state index in [9.17, 15) is 4.79 Å². The Morgan fingerprint density at radius 1 is 1.25 bits per heavy atom. The molecule has 3 heterocycles. The molecule has 3 aromatic rings. The minimum Gasteiger partial charge on any atom is -0.494 e. The van der Waals surface area contributed by atoms with E-state index in [0.29, 0.717) is 31.0 Å². The fraction of sp³-hybridized carbons (Fsp3) is 0.368. The van der Waals surface area contributed by atoms with Crippen LogP contribution in [0, 0.1) is 0 Å². The summed E-state index contributed by atoms with van der Waals surface area (Å²) in [6, 6.07) is 7.61. The number of aromatic nitrogens is 5. The molecule has 0 aliphatic carbocycles. The topological polar surface area (TPSA) is 87.3 Å². The number of amides is 1. The summed E-state index contributed by atoms with van der Waals surface area (Å²) >= 11 is 0. The van der Waals surface area contributed by atoms with Crippen molar-refractivity contribution in [1.29, 1.82) is 0 Å². The van der Waals surface area contributed by atoms with Crippen LogP contribution in [0.3, 0.4) is 0 Å². The summed E-state index contributed by atoms with van der Waals surface area (Å²) in [6.45, 7) is 3.42. The van der Waals surface area contributed by atoms with Gasteiger partial charge in [0.1, 0.15) is 18.0 Å². The van der Waals surface area contributed by atoms with Crippen LogP contribution in [-0.2, 0) is 17.9 Å². The van der Waals surface area contributed by atoms with Crippen LogP contribution in [0.1, 0.15) is 35.0 Å². The van der Waals surface area contributed by atoms with Crippen molar-refractivity contribution in [2.24, 2.45) is 0 Å². The van der Waals surface area contributed by atoms with Crippen LogP contribution in [0.25, 0.3) is 5.69 Å². The normalized spacial score (nSPS) is 16.1. The maximum atomic E-state index is 13.0. The Labute approximate surface area is 162 Å². The van der Waals surface area contributed by atoms with Gasteiger partial charge in [-0.2, -0.15) is 5.10 Å². The number of rotatable bonds is 5. The lowest BCUT2D eigenvalue weighted by molar-refractivity contribution is 0.0675. The zero-order valence-corrected chi connectivity index (χ0v) is 16.1. The van der Waals surface area contributed by atoms with E-state index in [2.05, 4.69) is 15.3 Å². The van der Waals surface area contributed by atoms with Gasteiger partial charge in [0, 0.05) is 19.9 Å². The Kier molecular flexibility index (Phi) is 4.82. The van der Waals surface area contributed by atoms with Gasteiger partial charge in [0.15, 0.2) is 11.6 Å². The zero-order chi connectivity index (χ0) is 19.7. The summed E-state index contributed by atoms with van der Waals surface area (Å²) in [6.07, 6.45) is 3.30. The highest BCUT2D eigenvalue weighted by Crippen LogP contribution is 2.25. The Bertz CT molecular complexity index is 995. The number of carbonyl (C=O) groups is 1. The molecule has 1 amide bonds. The molecule has 0 unspecified atom stereocenters. The predicted octanol–water partition coefficient (Wildman–Crippen LogP) is 1.84. The van der Waals surface area contributed by atoms with E-state index in [1.54, 1.807) is 36.2 Å². The lowest BCUT2D eigenvalue weighted by atomic mass is 10.2. The first kappa shape index (κ1) is 18.2. The highest BCUT2D eigenvalue weighted by molar-refractivity contribution is 5.93. The third kappa shape index (κ3) is 3.13. The molecule has 2 aromatic heterocycles. The second kappa shape index (κ2) is 7.43. The minimum atomic E-state index is -0.0875. The molecule has 0 bridgehead atoms. The van der Waals surface area contributed by atoms with E-state index < -0.39 is 0 Å². The van der Waals surface area contributed by atoms with Gasteiger partial charge in [-0.1, -0.05) is 12.1 Å². The average molecular weight is 382 g/mol. The molecule has 0 radical (unpaired) electrons. The van der Waals surface area contributed by atoms with E-state index in [1.165, 1.54) is 0 Å². The van der Waals surface area contributed by atoms with Gasteiger partial charge in [0.05, 0.1) is 31.5 Å². The molecule has 4 rings (SSSR count). The number of ether oxygens (including phenoxy) is 2. The van der Waals surface area contributed by atoms with Crippen LogP contribution in [0.4, 0.5) is 0 Å². The molecule has 1 aliphatic rings. The third-order valence-corrected chi connectivity index (χ3v) is 4.82. The summed E-state index contributed by atoms with van der Waals surface area (Å²) in [5.41, 5.74) is 1.29. The highest BCUT2D eigenvalue weighted by Gasteiger charge is 2.30. The Balaban J connectivity index is 1.56. The van der Waals surface area contributed by atoms with E-state index >= 15 is 0 Å². The first-order chi connectivity index (χ1) is 13.6. The molecule has 146 valence electrons. The quantitative estimate of drug-likeness (QED) is 0.669. The fourth-order valence-electron chi connectivity index (χ4n) is 3.56. The SMILES string of the molecule is COCc1nnc2n1[C@@H](C)CN(C(=O)c1cnn(-c3ccccc3OC)c1)C2. The van der Waals surface area contributed by atoms with Gasteiger partial charge >= 0.3 is 0 Å². The Hall–Kier alpha value is -3.20. The average Bonchev–Trinajstić information content (AvgIpc) is 3.35. The predicted molar refractivity (Wildman–Crippen MR) is 100 cm³/mol. The maximum Gasteiger partial charge on any atom is 0.257 e. The number of fused-ring (bicyclic) bond motifs is 1. The number of hydrogen-bond acceptors (Lipinski definition) is 6.